The van der Waals surface area contributed by atoms with Crippen molar-refractivity contribution in [2.24, 2.45) is 0 Å². The standard InChI is InChI=1S/C12H15F2NO/c1-15-6-5-12(8-15,16-2)9-3-4-10(13)11(14)7-9/h3-4,7H,5-6,8H2,1-2H3/i1D3. The average molecular weight is 230 g/mol. The lowest BCUT2D eigenvalue weighted by Crippen LogP contribution is -2.31. The van der Waals surface area contributed by atoms with Crippen LogP contribution in [-0.4, -0.2) is 32.1 Å². The summed E-state index contributed by atoms with van der Waals surface area (Å²) in [4.78, 5) is 1.30. The number of rotatable bonds is 2. The van der Waals surface area contributed by atoms with Gasteiger partial charge < -0.3 is 9.64 Å². The van der Waals surface area contributed by atoms with Crippen LogP contribution in [0.25, 0.3) is 0 Å². The van der Waals surface area contributed by atoms with E-state index < -0.39 is 24.2 Å². The number of ether oxygens (including phenoxy) is 1. The fourth-order valence-electron chi connectivity index (χ4n) is 2.08. The van der Waals surface area contributed by atoms with Crippen molar-refractivity contribution in [2.45, 2.75) is 12.0 Å². The lowest BCUT2D eigenvalue weighted by molar-refractivity contribution is -0.00435. The second kappa shape index (κ2) is 4.11. The Hall–Kier alpha value is -1.00. The minimum atomic E-state index is -2.21. The van der Waals surface area contributed by atoms with E-state index in [1.807, 2.05) is 0 Å². The van der Waals surface area contributed by atoms with E-state index in [-0.39, 0.29) is 6.54 Å². The predicted molar refractivity (Wildman–Crippen MR) is 57.2 cm³/mol. The van der Waals surface area contributed by atoms with Crippen LogP contribution in [0.1, 0.15) is 16.1 Å². The molecule has 1 unspecified atom stereocenters. The molecule has 88 valence electrons. The van der Waals surface area contributed by atoms with Crippen LogP contribution in [0.2, 0.25) is 0 Å². The monoisotopic (exact) mass is 230 g/mol. The molecule has 0 saturated carbocycles. The molecule has 1 saturated heterocycles. The summed E-state index contributed by atoms with van der Waals surface area (Å²) in [6, 6.07) is 3.54. The largest absolute Gasteiger partial charge is 0.372 e. The van der Waals surface area contributed by atoms with Crippen LogP contribution < -0.4 is 0 Å². The summed E-state index contributed by atoms with van der Waals surface area (Å²) in [6.45, 7) is -1.76. The highest BCUT2D eigenvalue weighted by molar-refractivity contribution is 5.26. The molecule has 4 heteroatoms. The van der Waals surface area contributed by atoms with E-state index in [0.29, 0.717) is 18.5 Å². The predicted octanol–water partition coefficient (Wildman–Crippen LogP) is 2.14. The fourth-order valence-corrected chi connectivity index (χ4v) is 2.08. The van der Waals surface area contributed by atoms with Gasteiger partial charge in [-0.3, -0.25) is 0 Å². The second-order valence-electron chi connectivity index (χ2n) is 4.00. The van der Waals surface area contributed by atoms with Crippen molar-refractivity contribution in [2.75, 3.05) is 27.2 Å². The minimum absolute atomic E-state index is 0.130. The molecule has 1 heterocycles. The van der Waals surface area contributed by atoms with Crippen molar-refractivity contribution in [1.29, 1.82) is 0 Å². The Labute approximate surface area is 98.0 Å². The smallest absolute Gasteiger partial charge is 0.159 e. The zero-order valence-corrected chi connectivity index (χ0v) is 8.96. The van der Waals surface area contributed by atoms with Crippen LogP contribution in [0.4, 0.5) is 8.78 Å². The Kier molecular flexibility index (Phi) is 2.09. The van der Waals surface area contributed by atoms with Crippen molar-refractivity contribution in [1.82, 2.24) is 4.90 Å². The Bertz CT molecular complexity index is 481. The lowest BCUT2D eigenvalue weighted by atomic mass is 9.92. The van der Waals surface area contributed by atoms with Gasteiger partial charge in [-0.25, -0.2) is 8.78 Å². The van der Waals surface area contributed by atoms with Crippen LogP contribution >= 0.6 is 0 Å². The summed E-state index contributed by atoms with van der Waals surface area (Å²) >= 11 is 0. The molecule has 0 aliphatic carbocycles. The molecule has 0 amide bonds. The topological polar surface area (TPSA) is 12.5 Å². The zero-order chi connectivity index (χ0) is 14.3. The van der Waals surface area contributed by atoms with Gasteiger partial charge in [0, 0.05) is 24.3 Å². The summed E-state index contributed by atoms with van der Waals surface area (Å²) in [6.07, 6.45) is 0.424. The molecule has 16 heavy (non-hydrogen) atoms. The molecule has 0 bridgehead atoms. The molecule has 0 radical (unpaired) electrons. The van der Waals surface area contributed by atoms with Crippen molar-refractivity contribution in [3.05, 3.63) is 35.4 Å². The third kappa shape index (κ3) is 1.83. The third-order valence-corrected chi connectivity index (χ3v) is 3.07. The highest BCUT2D eigenvalue weighted by atomic mass is 19.2. The molecular weight excluding hydrogens is 212 g/mol. The normalized spacial score (nSPS) is 29.8. The van der Waals surface area contributed by atoms with E-state index in [1.165, 1.54) is 18.1 Å². The molecule has 0 N–H and O–H groups in total. The average Bonchev–Trinajstić information content (AvgIpc) is 2.78. The van der Waals surface area contributed by atoms with Crippen molar-refractivity contribution < 1.29 is 17.6 Å². The second-order valence-corrected chi connectivity index (χ2v) is 4.00. The Morgan fingerprint density at radius 1 is 1.44 bits per heavy atom. The summed E-state index contributed by atoms with van der Waals surface area (Å²) < 4.78 is 53.9. The summed E-state index contributed by atoms with van der Waals surface area (Å²) in [7, 11) is 1.45. The van der Waals surface area contributed by atoms with Gasteiger partial charge in [-0.2, -0.15) is 0 Å². The Morgan fingerprint density at radius 2 is 2.25 bits per heavy atom. The number of methoxy groups -OCH3 is 1. The van der Waals surface area contributed by atoms with Crippen LogP contribution in [-0.2, 0) is 10.3 Å². The van der Waals surface area contributed by atoms with E-state index >= 15 is 0 Å². The molecule has 1 aliphatic rings. The van der Waals surface area contributed by atoms with Crippen molar-refractivity contribution >= 4 is 0 Å². The zero-order valence-electron chi connectivity index (χ0n) is 12.0. The lowest BCUT2D eigenvalue weighted by Gasteiger charge is -2.28. The summed E-state index contributed by atoms with van der Waals surface area (Å²) in [5.74, 6) is -1.89. The maximum Gasteiger partial charge on any atom is 0.159 e. The molecule has 2 rings (SSSR count). The Morgan fingerprint density at radius 3 is 2.81 bits per heavy atom. The molecule has 1 atom stereocenters. The molecule has 1 fully saturated rings. The first-order valence-corrected chi connectivity index (χ1v) is 5.04. The van der Waals surface area contributed by atoms with Gasteiger partial charge in [0.2, 0.25) is 0 Å². The van der Waals surface area contributed by atoms with Gasteiger partial charge in [0.1, 0.15) is 5.60 Å². The number of hydrogen-bond donors (Lipinski definition) is 0. The molecule has 2 nitrogen and oxygen atoms in total. The summed E-state index contributed by atoms with van der Waals surface area (Å²) in [5.41, 5.74) is -0.441. The van der Waals surface area contributed by atoms with Gasteiger partial charge in [-0.1, -0.05) is 6.07 Å². The minimum Gasteiger partial charge on any atom is -0.372 e. The van der Waals surface area contributed by atoms with Gasteiger partial charge in [0.05, 0.1) is 0 Å². The maximum atomic E-state index is 13.3. The van der Waals surface area contributed by atoms with Crippen LogP contribution in [0, 0.1) is 11.6 Å². The Balaban J connectivity index is 2.32. The van der Waals surface area contributed by atoms with Gasteiger partial charge in [0.15, 0.2) is 11.6 Å². The molecule has 0 aromatic heterocycles. The van der Waals surface area contributed by atoms with Gasteiger partial charge >= 0.3 is 0 Å². The number of halogens is 2. The van der Waals surface area contributed by atoms with Crippen molar-refractivity contribution in [3.63, 3.8) is 0 Å². The van der Waals surface area contributed by atoms with Crippen LogP contribution in [0.15, 0.2) is 18.2 Å². The van der Waals surface area contributed by atoms with E-state index in [0.717, 1.165) is 12.1 Å². The molecule has 1 aliphatic heterocycles. The quantitative estimate of drug-likeness (QED) is 0.771. The number of likely N-dealkylation sites (tertiary alicyclic amines) is 1. The number of likely N-dealkylation sites (N-methyl/N-ethyl adjacent to an activating group) is 1. The van der Waals surface area contributed by atoms with E-state index in [1.54, 1.807) is 0 Å². The SMILES string of the molecule is [2H]C([2H])([2H])N1CCC(OC)(c2ccc(F)c(F)c2)C1. The molecule has 1 aromatic rings. The van der Waals surface area contributed by atoms with E-state index in [9.17, 15) is 8.78 Å². The van der Waals surface area contributed by atoms with Crippen molar-refractivity contribution in [3.8, 4) is 0 Å². The fraction of sp³-hybridized carbons (Fsp3) is 0.500. The maximum absolute atomic E-state index is 13.3. The van der Waals surface area contributed by atoms with Gasteiger partial charge in [-0.15, -0.1) is 0 Å². The first kappa shape index (κ1) is 8.14. The number of benzene rings is 1. The summed E-state index contributed by atoms with van der Waals surface area (Å²) in [5, 5.41) is 0. The highest BCUT2D eigenvalue weighted by Crippen LogP contribution is 2.35. The van der Waals surface area contributed by atoms with E-state index in [4.69, 9.17) is 8.85 Å². The number of nitrogens with zero attached hydrogens (tertiary/aromatic N) is 1. The first-order valence-electron chi connectivity index (χ1n) is 6.54. The van der Waals surface area contributed by atoms with Crippen LogP contribution in [0.3, 0.4) is 0 Å². The highest BCUT2D eigenvalue weighted by Gasteiger charge is 2.38. The van der Waals surface area contributed by atoms with Crippen LogP contribution in [0.5, 0.6) is 0 Å². The first-order chi connectivity index (χ1) is 8.78. The van der Waals surface area contributed by atoms with Gasteiger partial charge in [-0.05, 0) is 31.1 Å². The number of hydrogen-bond acceptors (Lipinski definition) is 2. The molecule has 0 spiro atoms. The van der Waals surface area contributed by atoms with Gasteiger partial charge in [0.25, 0.3) is 0 Å². The third-order valence-electron chi connectivity index (χ3n) is 3.07. The molecule has 1 aromatic carbocycles. The van der Waals surface area contributed by atoms with E-state index in [2.05, 4.69) is 0 Å². The molecular formula is C12H15F2NO.